The summed E-state index contributed by atoms with van der Waals surface area (Å²) in [6.07, 6.45) is 2.91. The summed E-state index contributed by atoms with van der Waals surface area (Å²) in [6.45, 7) is 3.99. The number of hydrogen-bond donors (Lipinski definition) is 3. The summed E-state index contributed by atoms with van der Waals surface area (Å²) in [5, 5.41) is 15.1. The molecule has 0 aliphatic carbocycles. The van der Waals surface area contributed by atoms with Gasteiger partial charge in [0, 0.05) is 17.8 Å². The van der Waals surface area contributed by atoms with E-state index in [2.05, 4.69) is 22.8 Å². The highest BCUT2D eigenvalue weighted by molar-refractivity contribution is 5.79. The highest BCUT2D eigenvalue weighted by Crippen LogP contribution is 2.40. The SMILES string of the molecule is Cc1nc2c3c(c(OC(=O)NCCO)cn2c1C)CCC(c1ccccc1)N3. The van der Waals surface area contributed by atoms with Crippen LogP contribution in [0.2, 0.25) is 0 Å². The number of aryl methyl sites for hydroxylation is 2. The molecule has 146 valence electrons. The van der Waals surface area contributed by atoms with Gasteiger partial charge in [0.1, 0.15) is 0 Å². The lowest BCUT2D eigenvalue weighted by Crippen LogP contribution is -2.30. The third-order valence-electron chi connectivity index (χ3n) is 5.24. The Hall–Kier alpha value is -3.06. The lowest BCUT2D eigenvalue weighted by atomic mass is 9.93. The molecule has 4 rings (SSSR count). The van der Waals surface area contributed by atoms with Crippen molar-refractivity contribution >= 4 is 17.4 Å². The van der Waals surface area contributed by atoms with Crippen molar-refractivity contribution in [2.45, 2.75) is 32.7 Å². The van der Waals surface area contributed by atoms with E-state index in [0.717, 1.165) is 41.1 Å². The smallest absolute Gasteiger partial charge is 0.408 e. The Labute approximate surface area is 163 Å². The number of aromatic nitrogens is 2. The highest BCUT2D eigenvalue weighted by atomic mass is 16.6. The molecule has 2 aromatic heterocycles. The highest BCUT2D eigenvalue weighted by Gasteiger charge is 2.27. The minimum absolute atomic E-state index is 0.133. The molecule has 3 N–H and O–H groups in total. The minimum Gasteiger partial charge on any atom is -0.408 e. The number of ether oxygens (including phenoxy) is 1. The number of nitrogens with zero attached hydrogens (tertiary/aromatic N) is 2. The molecule has 0 fully saturated rings. The standard InChI is InChI=1S/C21H24N4O3/c1-13-14(2)25-12-18(28-21(27)22-10-11-26)16-8-9-17(15-6-4-3-5-7-15)24-19(16)20(25)23-13/h3-7,12,17,24,26H,8-11H2,1-2H3,(H,22,27). The number of benzene rings is 1. The van der Waals surface area contributed by atoms with E-state index in [1.165, 1.54) is 5.56 Å². The van der Waals surface area contributed by atoms with E-state index in [1.807, 2.05) is 42.6 Å². The predicted octanol–water partition coefficient (Wildman–Crippen LogP) is 3.13. The normalized spacial score (nSPS) is 15.8. The number of carbonyl (C=O) groups is 1. The number of hydrogen-bond acceptors (Lipinski definition) is 5. The van der Waals surface area contributed by atoms with Crippen LogP contribution in [0.25, 0.3) is 5.65 Å². The molecule has 0 radical (unpaired) electrons. The van der Waals surface area contributed by atoms with Crippen molar-refractivity contribution in [1.82, 2.24) is 14.7 Å². The number of nitrogens with one attached hydrogen (secondary N) is 2. The molecule has 28 heavy (non-hydrogen) atoms. The number of amides is 1. The summed E-state index contributed by atoms with van der Waals surface area (Å²) in [7, 11) is 0. The molecule has 1 atom stereocenters. The molecular weight excluding hydrogens is 356 g/mol. The maximum Gasteiger partial charge on any atom is 0.412 e. The van der Waals surface area contributed by atoms with Crippen LogP contribution in [-0.4, -0.2) is 33.7 Å². The molecule has 1 aliphatic rings. The van der Waals surface area contributed by atoms with E-state index >= 15 is 0 Å². The van der Waals surface area contributed by atoms with Gasteiger partial charge in [0.05, 0.1) is 30.2 Å². The first-order valence-corrected chi connectivity index (χ1v) is 9.47. The Morgan fingerprint density at radius 2 is 2.14 bits per heavy atom. The van der Waals surface area contributed by atoms with E-state index in [0.29, 0.717) is 5.75 Å². The number of fused-ring (bicyclic) bond motifs is 3. The van der Waals surface area contributed by atoms with Crippen LogP contribution in [0.15, 0.2) is 36.5 Å². The van der Waals surface area contributed by atoms with Crippen molar-refractivity contribution < 1.29 is 14.6 Å². The molecular formula is C21H24N4O3. The van der Waals surface area contributed by atoms with Crippen molar-refractivity contribution in [3.63, 3.8) is 0 Å². The van der Waals surface area contributed by atoms with Gasteiger partial charge in [-0.1, -0.05) is 30.3 Å². The van der Waals surface area contributed by atoms with Crippen molar-refractivity contribution in [2.24, 2.45) is 0 Å². The molecule has 1 unspecified atom stereocenters. The van der Waals surface area contributed by atoms with Gasteiger partial charge in [0.25, 0.3) is 0 Å². The van der Waals surface area contributed by atoms with Crippen LogP contribution in [0.1, 0.15) is 35.0 Å². The third kappa shape index (κ3) is 3.29. The van der Waals surface area contributed by atoms with E-state index < -0.39 is 6.09 Å². The second kappa shape index (κ2) is 7.52. The van der Waals surface area contributed by atoms with Crippen LogP contribution in [0.5, 0.6) is 5.75 Å². The van der Waals surface area contributed by atoms with Gasteiger partial charge in [-0.3, -0.25) is 4.40 Å². The number of pyridine rings is 1. The Morgan fingerprint density at radius 1 is 1.36 bits per heavy atom. The van der Waals surface area contributed by atoms with E-state index in [4.69, 9.17) is 14.8 Å². The van der Waals surface area contributed by atoms with Gasteiger partial charge in [-0.2, -0.15) is 0 Å². The molecule has 7 heteroatoms. The second-order valence-electron chi connectivity index (χ2n) is 7.01. The van der Waals surface area contributed by atoms with Crippen LogP contribution in [0, 0.1) is 13.8 Å². The maximum atomic E-state index is 12.1. The van der Waals surface area contributed by atoms with Crippen LogP contribution in [0.4, 0.5) is 10.5 Å². The van der Waals surface area contributed by atoms with Crippen LogP contribution in [0.3, 0.4) is 0 Å². The Morgan fingerprint density at radius 3 is 2.89 bits per heavy atom. The van der Waals surface area contributed by atoms with Gasteiger partial charge in [-0.05, 0) is 32.3 Å². The van der Waals surface area contributed by atoms with Crippen molar-refractivity contribution in [1.29, 1.82) is 0 Å². The van der Waals surface area contributed by atoms with Crippen molar-refractivity contribution in [3.05, 3.63) is 59.0 Å². The second-order valence-corrected chi connectivity index (χ2v) is 7.01. The number of imidazole rings is 1. The average Bonchev–Trinajstić information content (AvgIpc) is 3.01. The largest absolute Gasteiger partial charge is 0.412 e. The molecule has 1 amide bonds. The summed E-state index contributed by atoms with van der Waals surface area (Å²) in [5.74, 6) is 0.512. The zero-order valence-corrected chi connectivity index (χ0v) is 16.0. The fourth-order valence-electron chi connectivity index (χ4n) is 3.67. The van der Waals surface area contributed by atoms with Gasteiger partial charge in [0.2, 0.25) is 0 Å². The Balaban J connectivity index is 1.76. The van der Waals surface area contributed by atoms with Gasteiger partial charge < -0.3 is 20.5 Å². The average molecular weight is 380 g/mol. The first-order chi connectivity index (χ1) is 13.6. The number of anilines is 1. The van der Waals surface area contributed by atoms with Gasteiger partial charge >= 0.3 is 6.09 Å². The monoisotopic (exact) mass is 380 g/mol. The summed E-state index contributed by atoms with van der Waals surface area (Å²) < 4.78 is 7.54. The molecule has 3 heterocycles. The third-order valence-corrected chi connectivity index (χ3v) is 5.24. The van der Waals surface area contributed by atoms with E-state index in [-0.39, 0.29) is 19.2 Å². The topological polar surface area (TPSA) is 87.9 Å². The molecule has 0 saturated carbocycles. The van der Waals surface area contributed by atoms with Crippen LogP contribution in [-0.2, 0) is 6.42 Å². The van der Waals surface area contributed by atoms with Gasteiger partial charge in [0.15, 0.2) is 11.4 Å². The molecule has 7 nitrogen and oxygen atoms in total. The molecule has 1 aromatic carbocycles. The molecule has 0 saturated heterocycles. The van der Waals surface area contributed by atoms with E-state index in [1.54, 1.807) is 0 Å². The summed E-state index contributed by atoms with van der Waals surface area (Å²) in [4.78, 5) is 16.8. The maximum absolute atomic E-state index is 12.1. The van der Waals surface area contributed by atoms with Crippen molar-refractivity contribution in [2.75, 3.05) is 18.5 Å². The Bertz CT molecular complexity index is 1010. The summed E-state index contributed by atoms with van der Waals surface area (Å²) in [6, 6.07) is 10.5. The molecule has 0 spiro atoms. The molecule has 3 aromatic rings. The first kappa shape index (κ1) is 18.3. The number of aliphatic hydroxyl groups is 1. The summed E-state index contributed by atoms with van der Waals surface area (Å²) >= 11 is 0. The number of aliphatic hydroxyl groups excluding tert-OH is 1. The fourth-order valence-corrected chi connectivity index (χ4v) is 3.67. The fraction of sp³-hybridized carbons (Fsp3) is 0.333. The van der Waals surface area contributed by atoms with Gasteiger partial charge in [-0.25, -0.2) is 9.78 Å². The van der Waals surface area contributed by atoms with Gasteiger partial charge in [-0.15, -0.1) is 0 Å². The van der Waals surface area contributed by atoms with Crippen molar-refractivity contribution in [3.8, 4) is 5.75 Å². The zero-order chi connectivity index (χ0) is 19.7. The first-order valence-electron chi connectivity index (χ1n) is 9.47. The van der Waals surface area contributed by atoms with E-state index in [9.17, 15) is 4.79 Å². The number of rotatable bonds is 4. The Kier molecular flexibility index (Phi) is 4.92. The molecule has 1 aliphatic heterocycles. The zero-order valence-electron chi connectivity index (χ0n) is 16.0. The lowest BCUT2D eigenvalue weighted by molar-refractivity contribution is 0.195. The molecule has 0 bridgehead atoms. The summed E-state index contributed by atoms with van der Waals surface area (Å²) in [5.41, 5.74) is 5.86. The minimum atomic E-state index is -0.574. The van der Waals surface area contributed by atoms with Crippen LogP contribution < -0.4 is 15.4 Å². The predicted molar refractivity (Wildman–Crippen MR) is 107 cm³/mol. The quantitative estimate of drug-likeness (QED) is 0.647. The lowest BCUT2D eigenvalue weighted by Gasteiger charge is -2.29. The number of carbonyl (C=O) groups excluding carboxylic acids is 1. The van der Waals surface area contributed by atoms with Crippen LogP contribution >= 0.6 is 0 Å².